The van der Waals surface area contributed by atoms with Gasteiger partial charge in [0.1, 0.15) is 0 Å². The van der Waals surface area contributed by atoms with Crippen LogP contribution in [0.3, 0.4) is 0 Å². The molecule has 2 aromatic heterocycles. The third kappa shape index (κ3) is 2.45. The summed E-state index contributed by atoms with van der Waals surface area (Å²) in [6.07, 6.45) is 8.60. The Hall–Kier alpha value is -2.11. The number of carbonyl (C=O) groups excluding carboxylic acids is 1. The molecule has 6 heteroatoms. The van der Waals surface area contributed by atoms with Gasteiger partial charge in [0.25, 0.3) is 5.91 Å². The summed E-state index contributed by atoms with van der Waals surface area (Å²) in [4.78, 5) is 14.6. The number of aryl methyl sites for hydroxylation is 1. The van der Waals surface area contributed by atoms with Gasteiger partial charge < -0.3 is 4.90 Å². The molecule has 3 heterocycles. The van der Waals surface area contributed by atoms with Crippen molar-refractivity contribution in [2.75, 3.05) is 6.54 Å². The van der Waals surface area contributed by atoms with Gasteiger partial charge in [-0.2, -0.15) is 10.2 Å². The van der Waals surface area contributed by atoms with Crippen molar-refractivity contribution in [3.63, 3.8) is 0 Å². The zero-order valence-electron chi connectivity index (χ0n) is 11.6. The van der Waals surface area contributed by atoms with Crippen molar-refractivity contribution in [3.8, 4) is 0 Å². The van der Waals surface area contributed by atoms with E-state index in [1.54, 1.807) is 12.4 Å². The number of carbonyl (C=O) groups is 1. The number of hydrogen-bond acceptors (Lipinski definition) is 3. The fraction of sp³-hybridized carbons (Fsp3) is 0.500. The molecule has 0 aliphatic carbocycles. The lowest BCUT2D eigenvalue weighted by molar-refractivity contribution is 0.0583. The first-order chi connectivity index (χ1) is 9.75. The summed E-state index contributed by atoms with van der Waals surface area (Å²) in [7, 11) is 0. The first-order valence-electron chi connectivity index (χ1n) is 7.04. The number of nitrogens with zero attached hydrogens (tertiary/aromatic N) is 4. The second kappa shape index (κ2) is 5.48. The molecule has 0 saturated carbocycles. The summed E-state index contributed by atoms with van der Waals surface area (Å²) in [6.45, 7) is 3.46. The number of likely N-dealkylation sites (tertiary alicyclic amines) is 1. The molecule has 1 amide bonds. The van der Waals surface area contributed by atoms with Crippen LogP contribution in [0.2, 0.25) is 0 Å². The van der Waals surface area contributed by atoms with Gasteiger partial charge in [-0.15, -0.1) is 0 Å². The molecule has 0 bridgehead atoms. The van der Waals surface area contributed by atoms with Crippen LogP contribution >= 0.6 is 0 Å². The molecule has 1 saturated heterocycles. The summed E-state index contributed by atoms with van der Waals surface area (Å²) >= 11 is 0. The van der Waals surface area contributed by atoms with Crippen LogP contribution < -0.4 is 0 Å². The van der Waals surface area contributed by atoms with Gasteiger partial charge in [0, 0.05) is 24.6 Å². The number of nitrogens with one attached hydrogen (secondary N) is 1. The van der Waals surface area contributed by atoms with Gasteiger partial charge in [-0.1, -0.05) is 0 Å². The minimum absolute atomic E-state index is 0.0770. The van der Waals surface area contributed by atoms with Crippen molar-refractivity contribution in [2.24, 2.45) is 0 Å². The minimum Gasteiger partial charge on any atom is -0.334 e. The molecule has 1 aliphatic heterocycles. The number of H-pyrrole nitrogens is 1. The number of amides is 1. The predicted octanol–water partition coefficient (Wildman–Crippen LogP) is 1.61. The Labute approximate surface area is 117 Å². The van der Waals surface area contributed by atoms with Crippen LogP contribution in [0.1, 0.15) is 35.3 Å². The van der Waals surface area contributed by atoms with E-state index < -0.39 is 0 Å². The third-order valence-corrected chi connectivity index (χ3v) is 3.91. The van der Waals surface area contributed by atoms with Gasteiger partial charge in [-0.05, 0) is 32.3 Å². The lowest BCUT2D eigenvalue weighted by atomic mass is 10.0. The van der Waals surface area contributed by atoms with Crippen LogP contribution in [0.4, 0.5) is 0 Å². The van der Waals surface area contributed by atoms with Gasteiger partial charge in [0.05, 0.1) is 24.3 Å². The Morgan fingerprint density at radius 3 is 3.10 bits per heavy atom. The van der Waals surface area contributed by atoms with Crippen LogP contribution in [0.25, 0.3) is 0 Å². The van der Waals surface area contributed by atoms with Crippen molar-refractivity contribution in [1.82, 2.24) is 24.9 Å². The Bertz CT molecular complexity index is 574. The van der Waals surface area contributed by atoms with E-state index in [2.05, 4.69) is 15.3 Å². The fourth-order valence-electron chi connectivity index (χ4n) is 2.80. The number of aromatic amines is 1. The van der Waals surface area contributed by atoms with E-state index in [1.807, 2.05) is 28.8 Å². The maximum Gasteiger partial charge on any atom is 0.257 e. The number of piperidine rings is 1. The second-order valence-corrected chi connectivity index (χ2v) is 5.28. The van der Waals surface area contributed by atoms with Crippen molar-refractivity contribution in [1.29, 1.82) is 0 Å². The molecule has 6 nitrogen and oxygen atoms in total. The molecule has 3 rings (SSSR count). The average molecular weight is 273 g/mol. The Balaban J connectivity index is 1.78. The van der Waals surface area contributed by atoms with Crippen LogP contribution in [0.15, 0.2) is 24.7 Å². The normalized spacial score (nSPS) is 19.2. The largest absolute Gasteiger partial charge is 0.334 e. The predicted molar refractivity (Wildman–Crippen MR) is 74.2 cm³/mol. The average Bonchev–Trinajstić information content (AvgIpc) is 3.10. The summed E-state index contributed by atoms with van der Waals surface area (Å²) in [5.41, 5.74) is 1.51. The first-order valence-corrected chi connectivity index (χ1v) is 7.04. The first kappa shape index (κ1) is 12.9. The van der Waals surface area contributed by atoms with Crippen LogP contribution in [0.5, 0.6) is 0 Å². The summed E-state index contributed by atoms with van der Waals surface area (Å²) in [5.74, 6) is 0.0770. The molecule has 0 spiro atoms. The minimum atomic E-state index is 0.0770. The zero-order valence-corrected chi connectivity index (χ0v) is 11.6. The Kier molecular flexibility index (Phi) is 3.54. The quantitative estimate of drug-likeness (QED) is 0.924. The van der Waals surface area contributed by atoms with Crippen LogP contribution in [-0.2, 0) is 6.54 Å². The topological polar surface area (TPSA) is 66.8 Å². The van der Waals surface area contributed by atoms with E-state index in [4.69, 9.17) is 0 Å². The summed E-state index contributed by atoms with van der Waals surface area (Å²) < 4.78 is 1.90. The van der Waals surface area contributed by atoms with Crippen molar-refractivity contribution < 1.29 is 4.79 Å². The standard InChI is InChI=1S/C14H19N5O/c1-11-13(9-15-17-11)14(20)19-8-3-2-5-12(19)10-18-7-4-6-16-18/h4,6-7,9,12H,2-3,5,8,10H2,1H3,(H,15,17)/t12-/m0/s1. The van der Waals surface area contributed by atoms with E-state index in [1.165, 1.54) is 6.42 Å². The molecular formula is C14H19N5O. The van der Waals surface area contributed by atoms with E-state index in [-0.39, 0.29) is 11.9 Å². The Morgan fingerprint density at radius 1 is 1.50 bits per heavy atom. The number of aromatic nitrogens is 4. The van der Waals surface area contributed by atoms with Crippen molar-refractivity contribution in [2.45, 2.75) is 38.8 Å². The van der Waals surface area contributed by atoms with Crippen LogP contribution in [-0.4, -0.2) is 43.4 Å². The molecular weight excluding hydrogens is 254 g/mol. The van der Waals surface area contributed by atoms with Gasteiger partial charge in [-0.25, -0.2) is 0 Å². The number of rotatable bonds is 3. The fourth-order valence-corrected chi connectivity index (χ4v) is 2.80. The lowest BCUT2D eigenvalue weighted by Crippen LogP contribution is -2.46. The Morgan fingerprint density at radius 2 is 2.40 bits per heavy atom. The summed E-state index contributed by atoms with van der Waals surface area (Å²) in [5, 5.41) is 11.0. The maximum absolute atomic E-state index is 12.7. The second-order valence-electron chi connectivity index (χ2n) is 5.28. The van der Waals surface area contributed by atoms with Gasteiger partial charge in [-0.3, -0.25) is 14.6 Å². The monoisotopic (exact) mass is 273 g/mol. The molecule has 1 atom stereocenters. The zero-order chi connectivity index (χ0) is 13.9. The highest BCUT2D eigenvalue weighted by atomic mass is 16.2. The van der Waals surface area contributed by atoms with E-state index in [0.717, 1.165) is 31.6 Å². The molecule has 1 N–H and O–H groups in total. The SMILES string of the molecule is Cc1[nH]ncc1C(=O)N1CCCC[C@H]1Cn1cccn1. The molecule has 2 aromatic rings. The highest BCUT2D eigenvalue weighted by Gasteiger charge is 2.29. The number of hydrogen-bond donors (Lipinski definition) is 1. The van der Waals surface area contributed by atoms with Crippen molar-refractivity contribution in [3.05, 3.63) is 35.9 Å². The third-order valence-electron chi connectivity index (χ3n) is 3.91. The van der Waals surface area contributed by atoms with Crippen molar-refractivity contribution >= 4 is 5.91 Å². The molecule has 0 unspecified atom stereocenters. The maximum atomic E-state index is 12.7. The highest BCUT2D eigenvalue weighted by molar-refractivity contribution is 5.95. The van der Waals surface area contributed by atoms with Gasteiger partial charge in [0.2, 0.25) is 0 Å². The molecule has 0 aromatic carbocycles. The van der Waals surface area contributed by atoms with Gasteiger partial charge >= 0.3 is 0 Å². The van der Waals surface area contributed by atoms with E-state index in [9.17, 15) is 4.79 Å². The molecule has 1 aliphatic rings. The molecule has 1 fully saturated rings. The summed E-state index contributed by atoms with van der Waals surface area (Å²) in [6, 6.07) is 2.13. The van der Waals surface area contributed by atoms with Crippen LogP contribution in [0, 0.1) is 6.92 Å². The lowest BCUT2D eigenvalue weighted by Gasteiger charge is -2.35. The highest BCUT2D eigenvalue weighted by Crippen LogP contribution is 2.21. The van der Waals surface area contributed by atoms with Gasteiger partial charge in [0.15, 0.2) is 0 Å². The molecule has 106 valence electrons. The van der Waals surface area contributed by atoms with E-state index >= 15 is 0 Å². The smallest absolute Gasteiger partial charge is 0.257 e. The molecule has 0 radical (unpaired) electrons. The van der Waals surface area contributed by atoms with E-state index in [0.29, 0.717) is 5.56 Å². The molecule has 20 heavy (non-hydrogen) atoms.